The molecule has 0 bridgehead atoms. The van der Waals surface area contributed by atoms with Gasteiger partial charge in [-0.15, -0.1) is 11.3 Å². The lowest BCUT2D eigenvalue weighted by atomic mass is 9.87. The third-order valence-electron chi connectivity index (χ3n) is 4.47. The predicted octanol–water partition coefficient (Wildman–Crippen LogP) is 2.79. The average molecular weight is 419 g/mol. The number of fused-ring (bicyclic) bond motifs is 1. The first-order valence-electron chi connectivity index (χ1n) is 8.42. The fraction of sp³-hybridized carbons (Fsp3) is 0.222. The monoisotopic (exact) mass is 418 g/mol. The van der Waals surface area contributed by atoms with Crippen LogP contribution in [0.4, 0.5) is 11.4 Å². The van der Waals surface area contributed by atoms with E-state index < -0.39 is 10.0 Å². The number of ether oxygens (including phenoxy) is 1. The third kappa shape index (κ3) is 3.48. The molecule has 0 aliphatic carbocycles. The van der Waals surface area contributed by atoms with E-state index in [1.54, 1.807) is 18.3 Å². The highest BCUT2D eigenvalue weighted by Gasteiger charge is 2.30. The summed E-state index contributed by atoms with van der Waals surface area (Å²) in [4.78, 5) is 16.7. The number of benzene rings is 1. The van der Waals surface area contributed by atoms with Crippen LogP contribution < -0.4 is 14.8 Å². The minimum absolute atomic E-state index is 0.139. The Bertz CT molecular complexity index is 1140. The topological polar surface area (TPSA) is 102 Å². The van der Waals surface area contributed by atoms with E-state index in [0.29, 0.717) is 11.4 Å². The number of nitrogens with zero attached hydrogens (tertiary/aromatic N) is 2. The fourth-order valence-electron chi connectivity index (χ4n) is 3.39. The van der Waals surface area contributed by atoms with Gasteiger partial charge in [-0.1, -0.05) is 0 Å². The second-order valence-corrected chi connectivity index (χ2v) is 9.06. The fourth-order valence-corrected chi connectivity index (χ4v) is 4.59. The number of methoxy groups -OCH3 is 1. The molecule has 3 aromatic rings. The maximum Gasteiger partial charge on any atom is 0.229 e. The maximum atomic E-state index is 12.4. The first-order valence-corrected chi connectivity index (χ1v) is 11.2. The number of nitrogens with one attached hydrogen (secondary N) is 2. The van der Waals surface area contributed by atoms with E-state index in [9.17, 15) is 13.2 Å². The molecule has 1 aromatic carbocycles. The summed E-state index contributed by atoms with van der Waals surface area (Å²) in [5.41, 5.74) is 2.61. The molecule has 0 fully saturated rings. The van der Waals surface area contributed by atoms with Crippen LogP contribution in [0.5, 0.6) is 5.75 Å². The van der Waals surface area contributed by atoms with Crippen molar-refractivity contribution in [3.63, 3.8) is 0 Å². The van der Waals surface area contributed by atoms with Crippen LogP contribution in [-0.2, 0) is 14.8 Å². The van der Waals surface area contributed by atoms with E-state index in [4.69, 9.17) is 4.74 Å². The molecule has 0 spiro atoms. The molecule has 8 nitrogen and oxygen atoms in total. The van der Waals surface area contributed by atoms with Crippen LogP contribution in [0.3, 0.4) is 0 Å². The molecule has 146 valence electrons. The number of amides is 1. The van der Waals surface area contributed by atoms with Crippen LogP contribution in [0, 0.1) is 0 Å². The van der Waals surface area contributed by atoms with Gasteiger partial charge in [0, 0.05) is 41.5 Å². The highest BCUT2D eigenvalue weighted by Crippen LogP contribution is 2.43. The Hall–Kier alpha value is -2.85. The van der Waals surface area contributed by atoms with E-state index in [1.165, 1.54) is 18.4 Å². The molecular weight excluding hydrogens is 400 g/mol. The Balaban J connectivity index is 1.84. The summed E-state index contributed by atoms with van der Waals surface area (Å²) in [7, 11) is -2.02. The van der Waals surface area contributed by atoms with Gasteiger partial charge < -0.3 is 10.1 Å². The summed E-state index contributed by atoms with van der Waals surface area (Å²) in [6, 6.07) is 7.24. The lowest BCUT2D eigenvalue weighted by molar-refractivity contribution is -0.116. The number of hydrogen-bond donors (Lipinski definition) is 2. The number of aromatic nitrogens is 2. The number of sulfonamides is 1. The zero-order chi connectivity index (χ0) is 19.9. The second kappa shape index (κ2) is 6.95. The van der Waals surface area contributed by atoms with Crippen molar-refractivity contribution < 1.29 is 17.9 Å². The Labute approximate surface area is 166 Å². The largest absolute Gasteiger partial charge is 0.495 e. The van der Waals surface area contributed by atoms with Crippen LogP contribution in [0.1, 0.15) is 23.6 Å². The summed E-state index contributed by atoms with van der Waals surface area (Å²) in [6.45, 7) is 0. The van der Waals surface area contributed by atoms with Gasteiger partial charge in [-0.2, -0.15) is 0 Å². The predicted molar refractivity (Wildman–Crippen MR) is 108 cm³/mol. The lowest BCUT2D eigenvalue weighted by Gasteiger charge is -2.28. The second-order valence-electron chi connectivity index (χ2n) is 6.44. The van der Waals surface area contributed by atoms with Crippen LogP contribution in [0.15, 0.2) is 42.0 Å². The lowest BCUT2D eigenvalue weighted by Crippen LogP contribution is -2.25. The van der Waals surface area contributed by atoms with Gasteiger partial charge in [0.1, 0.15) is 5.75 Å². The number of anilines is 2. The average Bonchev–Trinajstić information content (AvgIpc) is 3.30. The SMILES string of the molecule is COc1cc2c(cc1NS(C)(=O)=O)NC(=O)CC2c1cccn1-c1nccs1. The van der Waals surface area contributed by atoms with E-state index in [2.05, 4.69) is 15.0 Å². The number of thiazole rings is 1. The molecule has 1 aliphatic rings. The van der Waals surface area contributed by atoms with Gasteiger partial charge in [-0.25, -0.2) is 13.4 Å². The van der Waals surface area contributed by atoms with Crippen molar-refractivity contribution in [3.05, 3.63) is 53.3 Å². The van der Waals surface area contributed by atoms with Crippen LogP contribution in [0.2, 0.25) is 0 Å². The Morgan fingerprint density at radius 2 is 2.21 bits per heavy atom. The zero-order valence-electron chi connectivity index (χ0n) is 15.2. The first-order chi connectivity index (χ1) is 13.4. The minimum atomic E-state index is -3.50. The number of carbonyl (C=O) groups excluding carboxylic acids is 1. The maximum absolute atomic E-state index is 12.4. The van der Waals surface area contributed by atoms with Gasteiger partial charge in [0.15, 0.2) is 5.13 Å². The van der Waals surface area contributed by atoms with Gasteiger partial charge in [-0.05, 0) is 29.8 Å². The molecule has 1 unspecified atom stereocenters. The number of carbonyl (C=O) groups is 1. The highest BCUT2D eigenvalue weighted by atomic mass is 32.2. The van der Waals surface area contributed by atoms with E-state index in [0.717, 1.165) is 22.6 Å². The molecule has 2 aromatic heterocycles. The van der Waals surface area contributed by atoms with Crippen molar-refractivity contribution in [3.8, 4) is 10.9 Å². The van der Waals surface area contributed by atoms with Crippen molar-refractivity contribution >= 4 is 38.6 Å². The smallest absolute Gasteiger partial charge is 0.229 e. The molecule has 0 saturated carbocycles. The van der Waals surface area contributed by atoms with Crippen LogP contribution >= 0.6 is 11.3 Å². The van der Waals surface area contributed by atoms with Gasteiger partial charge in [-0.3, -0.25) is 14.1 Å². The van der Waals surface area contributed by atoms with Gasteiger partial charge in [0.25, 0.3) is 0 Å². The molecule has 28 heavy (non-hydrogen) atoms. The van der Waals surface area contributed by atoms with Gasteiger partial charge in [0.2, 0.25) is 15.9 Å². The minimum Gasteiger partial charge on any atom is -0.495 e. The van der Waals surface area contributed by atoms with E-state index >= 15 is 0 Å². The van der Waals surface area contributed by atoms with Crippen molar-refractivity contribution in [2.24, 2.45) is 0 Å². The molecule has 1 amide bonds. The standard InChI is InChI=1S/C18H18N4O4S2/c1-26-16-8-11-12(15-4-3-6-22(15)18-19-5-7-27-18)9-17(23)20-13(11)10-14(16)21-28(2,24)25/h3-8,10,12,21H,9H2,1-2H3,(H,20,23). The summed E-state index contributed by atoms with van der Waals surface area (Å²) in [5, 5.41) is 5.54. The first kappa shape index (κ1) is 18.5. The van der Waals surface area contributed by atoms with Crippen molar-refractivity contribution in [1.29, 1.82) is 0 Å². The molecule has 4 rings (SSSR count). The van der Waals surface area contributed by atoms with Crippen molar-refractivity contribution in [2.75, 3.05) is 23.4 Å². The molecule has 1 atom stereocenters. The third-order valence-corrected chi connectivity index (χ3v) is 5.83. The van der Waals surface area contributed by atoms with Crippen molar-refractivity contribution in [1.82, 2.24) is 9.55 Å². The van der Waals surface area contributed by atoms with Crippen LogP contribution in [-0.4, -0.2) is 37.2 Å². The Morgan fingerprint density at radius 3 is 2.89 bits per heavy atom. The number of rotatable bonds is 5. The quantitative estimate of drug-likeness (QED) is 0.663. The molecule has 1 aliphatic heterocycles. The molecule has 10 heteroatoms. The highest BCUT2D eigenvalue weighted by molar-refractivity contribution is 7.92. The Kier molecular flexibility index (Phi) is 4.60. The summed E-state index contributed by atoms with van der Waals surface area (Å²) >= 11 is 1.51. The molecule has 3 heterocycles. The van der Waals surface area contributed by atoms with Gasteiger partial charge in [0.05, 0.1) is 19.1 Å². The molecule has 2 N–H and O–H groups in total. The summed E-state index contributed by atoms with van der Waals surface area (Å²) in [6.07, 6.45) is 4.98. The molecular formula is C18H18N4O4S2. The zero-order valence-corrected chi connectivity index (χ0v) is 16.8. The van der Waals surface area contributed by atoms with Crippen molar-refractivity contribution in [2.45, 2.75) is 12.3 Å². The summed E-state index contributed by atoms with van der Waals surface area (Å²) < 4.78 is 33.1. The molecule has 0 saturated heterocycles. The number of hydrogen-bond acceptors (Lipinski definition) is 6. The van der Waals surface area contributed by atoms with Crippen LogP contribution in [0.25, 0.3) is 5.13 Å². The van der Waals surface area contributed by atoms with E-state index in [-0.39, 0.29) is 23.9 Å². The Morgan fingerprint density at radius 1 is 1.39 bits per heavy atom. The van der Waals surface area contributed by atoms with E-state index in [1.807, 2.05) is 28.3 Å². The normalized spacial score (nSPS) is 16.4. The summed E-state index contributed by atoms with van der Waals surface area (Å²) in [5.74, 6) is 0.0290. The molecule has 0 radical (unpaired) electrons. The van der Waals surface area contributed by atoms with Gasteiger partial charge >= 0.3 is 0 Å².